The molecule has 9 nitrogen and oxygen atoms in total. The highest BCUT2D eigenvalue weighted by Gasteiger charge is 2.22. The van der Waals surface area contributed by atoms with Crippen molar-refractivity contribution in [2.75, 3.05) is 47.5 Å². The molecule has 0 rings (SSSR count). The molecule has 0 radical (unpaired) electrons. The molecule has 88 heavy (non-hydrogen) atoms. The van der Waals surface area contributed by atoms with Crippen molar-refractivity contribution < 1.29 is 42.9 Å². The number of rotatable bonds is 72. The molecule has 0 saturated heterocycles. The van der Waals surface area contributed by atoms with E-state index in [1.165, 1.54) is 289 Å². The summed E-state index contributed by atoms with van der Waals surface area (Å²) in [6, 6.07) is 0. The first-order valence-electron chi connectivity index (χ1n) is 38.3. The molecule has 0 amide bonds. The fraction of sp³-hybridized carbons (Fsp3) is 0.861. The van der Waals surface area contributed by atoms with Crippen molar-refractivity contribution in [2.45, 2.75) is 392 Å². The molecule has 2 atom stereocenters. The Hall–Kier alpha value is -2.75. The molecule has 0 aliphatic carbocycles. The predicted octanol–water partition coefficient (Wildman–Crippen LogP) is 22.8. The fourth-order valence-corrected chi connectivity index (χ4v) is 11.5. The molecule has 0 fully saturated rings. The van der Waals surface area contributed by atoms with Gasteiger partial charge in [-0.3, -0.25) is 9.59 Å². The summed E-state index contributed by atoms with van der Waals surface area (Å²) in [5, 5.41) is 11.8. The number of carbonyl (C=O) groups is 3. The molecule has 2 unspecified atom stereocenters. The number of ether oxygens (including phenoxy) is 4. The lowest BCUT2D eigenvalue weighted by Gasteiger charge is -2.26. The molecule has 0 aliphatic heterocycles. The average molecular weight is 1240 g/mol. The van der Waals surface area contributed by atoms with Crippen LogP contribution >= 0.6 is 0 Å². The van der Waals surface area contributed by atoms with Gasteiger partial charge in [-0.2, -0.15) is 0 Å². The lowest BCUT2D eigenvalue weighted by atomic mass is 10.0. The number of hydrogen-bond acceptors (Lipinski definition) is 8. The smallest absolute Gasteiger partial charge is 0.306 e. The zero-order valence-electron chi connectivity index (χ0n) is 59.1. The third-order valence-electron chi connectivity index (χ3n) is 17.3. The van der Waals surface area contributed by atoms with Crippen LogP contribution in [0.5, 0.6) is 0 Å². The predicted molar refractivity (Wildman–Crippen MR) is 376 cm³/mol. The second kappa shape index (κ2) is 70.1. The van der Waals surface area contributed by atoms with Gasteiger partial charge in [0.05, 0.1) is 40.3 Å². The molecule has 0 aliphatic rings. The number of allylic oxidation sites excluding steroid dienone is 8. The van der Waals surface area contributed by atoms with E-state index in [1.54, 1.807) is 0 Å². The molecule has 0 aromatic heterocycles. The van der Waals surface area contributed by atoms with Crippen LogP contribution in [0.1, 0.15) is 380 Å². The number of nitrogens with zero attached hydrogens (tertiary/aromatic N) is 1. The van der Waals surface area contributed by atoms with Gasteiger partial charge in [-0.25, -0.2) is 0 Å². The number of aliphatic carboxylic acids is 1. The zero-order chi connectivity index (χ0) is 64.0. The fourth-order valence-electron chi connectivity index (χ4n) is 11.5. The standard InChI is InChI=1S/C79H147NO8/c1-6-8-10-12-14-16-18-20-22-24-26-28-30-32-34-36-37-38-39-40-42-43-45-47-49-51-53-55-57-59-61-63-65-67-69-76(81)86-73-75(74-87-79(78(83)84)85-72-71-80(3,4)5)88-77(82)70-68-66-64-62-60-58-56-54-52-50-48-46-44-41-35-33-31-29-27-25-23-21-19-17-15-13-11-9-7-2/h9,11,15,17,21,23,27,29,75,79H,6-8,10,12-14,16,18-20,22,24-26,28,30-74H2,1-5H3/b11-9-,17-15-,23-21-,29-27-. The van der Waals surface area contributed by atoms with Crippen molar-refractivity contribution in [3.8, 4) is 0 Å². The Morgan fingerprint density at radius 3 is 0.966 bits per heavy atom. The van der Waals surface area contributed by atoms with Gasteiger partial charge in [-0.1, -0.05) is 364 Å². The molecule has 9 heteroatoms. The van der Waals surface area contributed by atoms with E-state index in [4.69, 9.17) is 18.9 Å². The van der Waals surface area contributed by atoms with E-state index in [9.17, 15) is 19.5 Å². The lowest BCUT2D eigenvalue weighted by molar-refractivity contribution is -0.870. The van der Waals surface area contributed by atoms with Gasteiger partial charge in [0, 0.05) is 12.8 Å². The molecule has 0 N–H and O–H groups in total. The van der Waals surface area contributed by atoms with E-state index < -0.39 is 24.3 Å². The highest BCUT2D eigenvalue weighted by Crippen LogP contribution is 2.20. The summed E-state index contributed by atoms with van der Waals surface area (Å²) in [5.74, 6) is -2.25. The van der Waals surface area contributed by atoms with E-state index in [2.05, 4.69) is 62.5 Å². The van der Waals surface area contributed by atoms with Crippen molar-refractivity contribution in [1.29, 1.82) is 0 Å². The molecular formula is C79H147NO8. The SMILES string of the molecule is CC/C=C\C/C=C\C/C=C\C/C=C\CCCCCCCCCCCCCCCCCCC(=O)OC(COC(=O)CCCCCCCCCCCCCCCCCCCCCCCCCCCCCCCCCCCC)COC(OCC[N+](C)(C)C)C(=O)[O-]. The average Bonchev–Trinajstić information content (AvgIpc) is 3.54. The maximum atomic E-state index is 13.0. The minimum absolute atomic E-state index is 0.150. The highest BCUT2D eigenvalue weighted by atomic mass is 16.7. The Morgan fingerprint density at radius 1 is 0.352 bits per heavy atom. The van der Waals surface area contributed by atoms with Gasteiger partial charge < -0.3 is 33.3 Å². The van der Waals surface area contributed by atoms with Crippen LogP contribution in [0, 0.1) is 0 Å². The Labute approximate surface area is 546 Å². The number of carboxylic acid groups (broad SMARTS) is 1. The first-order chi connectivity index (χ1) is 43.1. The Kier molecular flexibility index (Phi) is 67.9. The third kappa shape index (κ3) is 70.7. The highest BCUT2D eigenvalue weighted by molar-refractivity contribution is 5.70. The van der Waals surface area contributed by atoms with Gasteiger partial charge in [0.15, 0.2) is 12.4 Å². The number of quaternary nitrogens is 1. The summed E-state index contributed by atoms with van der Waals surface area (Å²) >= 11 is 0. The van der Waals surface area contributed by atoms with Crippen LogP contribution in [0.4, 0.5) is 0 Å². The van der Waals surface area contributed by atoms with Crippen molar-refractivity contribution >= 4 is 17.9 Å². The van der Waals surface area contributed by atoms with Gasteiger partial charge >= 0.3 is 11.9 Å². The van der Waals surface area contributed by atoms with Crippen molar-refractivity contribution in [3.05, 3.63) is 48.6 Å². The van der Waals surface area contributed by atoms with E-state index >= 15 is 0 Å². The summed E-state index contributed by atoms with van der Waals surface area (Å²) in [6.45, 7) is 4.71. The number of likely N-dealkylation sites (N-methyl/N-ethyl adjacent to an activating group) is 1. The van der Waals surface area contributed by atoms with Gasteiger partial charge in [0.2, 0.25) is 0 Å². The minimum atomic E-state index is -1.62. The third-order valence-corrected chi connectivity index (χ3v) is 17.3. The van der Waals surface area contributed by atoms with Gasteiger partial charge in [-0.15, -0.1) is 0 Å². The normalized spacial score (nSPS) is 12.9. The quantitative estimate of drug-likeness (QED) is 0.0195. The first kappa shape index (κ1) is 85.2. The summed E-state index contributed by atoms with van der Waals surface area (Å²) in [4.78, 5) is 37.6. The van der Waals surface area contributed by atoms with Crippen LogP contribution in [0.25, 0.3) is 0 Å². The summed E-state index contributed by atoms with van der Waals surface area (Å²) in [5.41, 5.74) is 0. The number of carboxylic acids is 1. The lowest BCUT2D eigenvalue weighted by Crippen LogP contribution is -2.44. The Bertz CT molecular complexity index is 1580. The second-order valence-electron chi connectivity index (χ2n) is 27.3. The maximum absolute atomic E-state index is 13.0. The molecular weight excluding hydrogens is 1090 g/mol. The Morgan fingerprint density at radius 2 is 0.648 bits per heavy atom. The topological polar surface area (TPSA) is 111 Å². The first-order valence-corrected chi connectivity index (χ1v) is 38.3. The maximum Gasteiger partial charge on any atom is 0.306 e. The Balaban J connectivity index is 3.99. The van der Waals surface area contributed by atoms with Crippen molar-refractivity contribution in [3.63, 3.8) is 0 Å². The van der Waals surface area contributed by atoms with E-state index in [1.807, 2.05) is 21.1 Å². The summed E-state index contributed by atoms with van der Waals surface area (Å²) in [6.07, 6.45) is 88.0. The van der Waals surface area contributed by atoms with Gasteiger partial charge in [0.1, 0.15) is 13.2 Å². The van der Waals surface area contributed by atoms with E-state index in [-0.39, 0.29) is 32.2 Å². The molecule has 0 aromatic rings. The number of unbranched alkanes of at least 4 members (excludes halogenated alkanes) is 49. The van der Waals surface area contributed by atoms with Crippen LogP contribution in [-0.4, -0.2) is 82.3 Å². The number of carbonyl (C=O) groups excluding carboxylic acids is 3. The second-order valence-corrected chi connectivity index (χ2v) is 27.3. The van der Waals surface area contributed by atoms with E-state index in [0.29, 0.717) is 23.9 Å². The summed E-state index contributed by atoms with van der Waals surface area (Å²) < 4.78 is 22.9. The van der Waals surface area contributed by atoms with Crippen LogP contribution in [0.15, 0.2) is 48.6 Å². The molecule has 0 saturated carbocycles. The van der Waals surface area contributed by atoms with Crippen LogP contribution in [0.3, 0.4) is 0 Å². The monoisotopic (exact) mass is 1240 g/mol. The number of esters is 2. The minimum Gasteiger partial charge on any atom is -0.545 e. The van der Waals surface area contributed by atoms with Crippen LogP contribution in [-0.2, 0) is 33.3 Å². The van der Waals surface area contributed by atoms with Gasteiger partial charge in [-0.05, 0) is 51.4 Å². The molecule has 0 aromatic carbocycles. The molecule has 516 valence electrons. The molecule has 0 bridgehead atoms. The van der Waals surface area contributed by atoms with Crippen LogP contribution < -0.4 is 5.11 Å². The van der Waals surface area contributed by atoms with E-state index in [0.717, 1.165) is 57.8 Å². The van der Waals surface area contributed by atoms with Crippen molar-refractivity contribution in [1.82, 2.24) is 0 Å². The molecule has 0 spiro atoms. The molecule has 0 heterocycles. The van der Waals surface area contributed by atoms with Gasteiger partial charge in [0.25, 0.3) is 0 Å². The largest absolute Gasteiger partial charge is 0.545 e. The zero-order valence-corrected chi connectivity index (χ0v) is 59.1. The number of hydrogen-bond donors (Lipinski definition) is 0. The van der Waals surface area contributed by atoms with Crippen molar-refractivity contribution in [2.24, 2.45) is 0 Å². The summed E-state index contributed by atoms with van der Waals surface area (Å²) in [7, 11) is 5.95. The van der Waals surface area contributed by atoms with Crippen LogP contribution in [0.2, 0.25) is 0 Å².